The Balaban J connectivity index is 1.83. The summed E-state index contributed by atoms with van der Waals surface area (Å²) >= 11 is 0. The summed E-state index contributed by atoms with van der Waals surface area (Å²) in [6.07, 6.45) is 3.16. The van der Waals surface area contributed by atoms with E-state index in [9.17, 15) is 4.79 Å². The van der Waals surface area contributed by atoms with Gasteiger partial charge in [-0.15, -0.1) is 0 Å². The molecule has 70 valence electrons. The first-order valence-corrected chi connectivity index (χ1v) is 4.30. The van der Waals surface area contributed by atoms with E-state index < -0.39 is 5.54 Å². The van der Waals surface area contributed by atoms with Crippen molar-refractivity contribution in [2.75, 3.05) is 0 Å². The lowest BCUT2D eigenvalue weighted by atomic mass is 10.3. The number of carbonyl (C=O) groups excluding carboxylic acids is 1. The lowest BCUT2D eigenvalue weighted by Crippen LogP contribution is -2.42. The zero-order valence-electron chi connectivity index (χ0n) is 7.25. The second kappa shape index (κ2) is 2.88. The largest absolute Gasteiger partial charge is 0.467 e. The van der Waals surface area contributed by atoms with Crippen LogP contribution in [0.2, 0.25) is 0 Å². The van der Waals surface area contributed by atoms with E-state index in [0.717, 1.165) is 18.6 Å². The fourth-order valence-corrected chi connectivity index (χ4v) is 1.12. The van der Waals surface area contributed by atoms with Gasteiger partial charge in [-0.25, -0.2) is 0 Å². The molecule has 1 aromatic heterocycles. The van der Waals surface area contributed by atoms with Crippen molar-refractivity contribution in [2.24, 2.45) is 5.73 Å². The van der Waals surface area contributed by atoms with Gasteiger partial charge in [-0.1, -0.05) is 0 Å². The van der Waals surface area contributed by atoms with Gasteiger partial charge in [-0.2, -0.15) is 0 Å². The Kier molecular flexibility index (Phi) is 1.84. The molecule has 4 heteroatoms. The predicted octanol–water partition coefficient (Wildman–Crippen LogP) is 0.387. The first-order valence-electron chi connectivity index (χ1n) is 4.30. The molecule has 1 fully saturated rings. The minimum atomic E-state index is -0.591. The summed E-state index contributed by atoms with van der Waals surface area (Å²) in [5.41, 5.74) is 5.10. The van der Waals surface area contributed by atoms with E-state index in [-0.39, 0.29) is 5.91 Å². The number of rotatable bonds is 3. The van der Waals surface area contributed by atoms with Crippen molar-refractivity contribution in [3.63, 3.8) is 0 Å². The molecule has 1 aliphatic carbocycles. The Morgan fingerprint density at radius 1 is 1.69 bits per heavy atom. The van der Waals surface area contributed by atoms with E-state index in [1.165, 1.54) is 0 Å². The lowest BCUT2D eigenvalue weighted by Gasteiger charge is -2.07. The van der Waals surface area contributed by atoms with Gasteiger partial charge in [0.05, 0.1) is 18.3 Å². The molecule has 1 heterocycles. The first-order chi connectivity index (χ1) is 6.21. The fourth-order valence-electron chi connectivity index (χ4n) is 1.12. The maximum Gasteiger partial charge on any atom is 0.240 e. The van der Waals surface area contributed by atoms with Gasteiger partial charge in [0.2, 0.25) is 5.91 Å². The number of hydrogen-bond donors (Lipinski definition) is 2. The highest BCUT2D eigenvalue weighted by Gasteiger charge is 2.45. The van der Waals surface area contributed by atoms with Crippen LogP contribution in [0.25, 0.3) is 0 Å². The molecule has 1 amide bonds. The van der Waals surface area contributed by atoms with E-state index in [1.807, 2.05) is 6.07 Å². The van der Waals surface area contributed by atoms with Crippen molar-refractivity contribution in [3.05, 3.63) is 24.2 Å². The number of nitrogens with two attached hydrogens (primary N) is 1. The van der Waals surface area contributed by atoms with Gasteiger partial charge in [-0.3, -0.25) is 4.79 Å². The molecule has 4 nitrogen and oxygen atoms in total. The van der Waals surface area contributed by atoms with Crippen LogP contribution in [0, 0.1) is 0 Å². The second-order valence-electron chi connectivity index (χ2n) is 3.42. The molecule has 13 heavy (non-hydrogen) atoms. The molecule has 0 aliphatic heterocycles. The first kappa shape index (κ1) is 8.31. The lowest BCUT2D eigenvalue weighted by molar-refractivity contribution is -0.123. The maximum atomic E-state index is 11.3. The average molecular weight is 180 g/mol. The van der Waals surface area contributed by atoms with Crippen molar-refractivity contribution in [2.45, 2.75) is 24.9 Å². The average Bonchev–Trinajstić information content (AvgIpc) is 2.70. The monoisotopic (exact) mass is 180 g/mol. The van der Waals surface area contributed by atoms with E-state index in [2.05, 4.69) is 5.32 Å². The third-order valence-corrected chi connectivity index (χ3v) is 2.24. The summed E-state index contributed by atoms with van der Waals surface area (Å²) in [6, 6.07) is 3.60. The zero-order chi connectivity index (χ0) is 9.31. The maximum absolute atomic E-state index is 11.3. The molecule has 2 rings (SSSR count). The van der Waals surface area contributed by atoms with Crippen LogP contribution < -0.4 is 11.1 Å². The van der Waals surface area contributed by atoms with E-state index in [4.69, 9.17) is 10.2 Å². The number of amides is 1. The Morgan fingerprint density at radius 3 is 3.00 bits per heavy atom. The van der Waals surface area contributed by atoms with Crippen LogP contribution in [0.1, 0.15) is 18.6 Å². The molecule has 1 aliphatic rings. The minimum Gasteiger partial charge on any atom is -0.467 e. The van der Waals surface area contributed by atoms with Crippen LogP contribution >= 0.6 is 0 Å². The van der Waals surface area contributed by atoms with Gasteiger partial charge in [0.1, 0.15) is 5.76 Å². The molecule has 0 spiro atoms. The summed E-state index contributed by atoms with van der Waals surface area (Å²) in [5, 5.41) is 2.73. The fraction of sp³-hybridized carbons (Fsp3) is 0.444. The van der Waals surface area contributed by atoms with Crippen LogP contribution in [-0.2, 0) is 11.3 Å². The summed E-state index contributed by atoms with van der Waals surface area (Å²) in [6.45, 7) is 0.421. The normalized spacial score (nSPS) is 18.2. The highest BCUT2D eigenvalue weighted by molar-refractivity contribution is 5.88. The molecule has 0 bridgehead atoms. The molecule has 0 saturated heterocycles. The Bertz CT molecular complexity index is 301. The van der Waals surface area contributed by atoms with E-state index >= 15 is 0 Å². The third kappa shape index (κ3) is 1.72. The molecule has 0 radical (unpaired) electrons. The SMILES string of the molecule is NC1(C(=O)NCc2ccco2)CC1. The Labute approximate surface area is 76.1 Å². The van der Waals surface area contributed by atoms with Crippen molar-refractivity contribution in [1.29, 1.82) is 0 Å². The summed E-state index contributed by atoms with van der Waals surface area (Å²) in [5.74, 6) is 0.668. The molecule has 1 aromatic rings. The molecule has 0 aromatic carbocycles. The number of nitrogens with one attached hydrogen (secondary N) is 1. The van der Waals surface area contributed by atoms with Gasteiger partial charge in [0.25, 0.3) is 0 Å². The molecule has 3 N–H and O–H groups in total. The number of carbonyl (C=O) groups is 1. The van der Waals surface area contributed by atoms with Gasteiger partial charge in [0, 0.05) is 0 Å². The van der Waals surface area contributed by atoms with Crippen LogP contribution in [0.15, 0.2) is 22.8 Å². The Morgan fingerprint density at radius 2 is 2.46 bits per heavy atom. The van der Waals surface area contributed by atoms with E-state index in [1.54, 1.807) is 12.3 Å². The summed E-state index contributed by atoms with van der Waals surface area (Å²) in [7, 11) is 0. The number of furan rings is 1. The Hall–Kier alpha value is -1.29. The third-order valence-electron chi connectivity index (χ3n) is 2.24. The van der Waals surface area contributed by atoms with Crippen LogP contribution in [0.4, 0.5) is 0 Å². The van der Waals surface area contributed by atoms with Gasteiger partial charge in [0.15, 0.2) is 0 Å². The van der Waals surface area contributed by atoms with Gasteiger partial charge >= 0.3 is 0 Å². The second-order valence-corrected chi connectivity index (χ2v) is 3.42. The quantitative estimate of drug-likeness (QED) is 0.706. The smallest absolute Gasteiger partial charge is 0.240 e. The topological polar surface area (TPSA) is 68.3 Å². The van der Waals surface area contributed by atoms with Crippen molar-refractivity contribution >= 4 is 5.91 Å². The van der Waals surface area contributed by atoms with Crippen LogP contribution in [-0.4, -0.2) is 11.4 Å². The van der Waals surface area contributed by atoms with Crippen LogP contribution in [0.3, 0.4) is 0 Å². The standard InChI is InChI=1S/C9H12N2O2/c10-9(3-4-9)8(12)11-6-7-2-1-5-13-7/h1-2,5H,3-4,6,10H2,(H,11,12). The molecule has 1 saturated carbocycles. The molecule has 0 atom stereocenters. The summed E-state index contributed by atoms with van der Waals surface area (Å²) in [4.78, 5) is 11.3. The van der Waals surface area contributed by atoms with Crippen LogP contribution in [0.5, 0.6) is 0 Å². The van der Waals surface area contributed by atoms with Crippen molar-refractivity contribution in [1.82, 2.24) is 5.32 Å². The number of hydrogen-bond acceptors (Lipinski definition) is 3. The van der Waals surface area contributed by atoms with Crippen molar-refractivity contribution < 1.29 is 9.21 Å². The van der Waals surface area contributed by atoms with Gasteiger partial charge < -0.3 is 15.5 Å². The molecular formula is C9H12N2O2. The zero-order valence-corrected chi connectivity index (χ0v) is 7.25. The minimum absolute atomic E-state index is 0.0797. The van der Waals surface area contributed by atoms with Crippen molar-refractivity contribution in [3.8, 4) is 0 Å². The summed E-state index contributed by atoms with van der Waals surface area (Å²) < 4.78 is 5.06. The molecular weight excluding hydrogens is 168 g/mol. The molecule has 0 unspecified atom stereocenters. The van der Waals surface area contributed by atoms with E-state index in [0.29, 0.717) is 6.54 Å². The highest BCUT2D eigenvalue weighted by Crippen LogP contribution is 2.32. The predicted molar refractivity (Wildman–Crippen MR) is 46.7 cm³/mol. The highest BCUT2D eigenvalue weighted by atomic mass is 16.3. The van der Waals surface area contributed by atoms with Gasteiger partial charge in [-0.05, 0) is 25.0 Å².